The molecule has 84 valence electrons. The Morgan fingerprint density at radius 3 is 2.59 bits per heavy atom. The summed E-state index contributed by atoms with van der Waals surface area (Å²) in [6.07, 6.45) is 1.83. The van der Waals surface area contributed by atoms with E-state index in [0.29, 0.717) is 0 Å². The van der Waals surface area contributed by atoms with Gasteiger partial charge < -0.3 is 0 Å². The first-order chi connectivity index (χ1) is 8.34. The molecule has 3 aromatic rings. The minimum atomic E-state index is 1.07. The Hall–Kier alpha value is -1.39. The van der Waals surface area contributed by atoms with Crippen LogP contribution in [0.15, 0.2) is 57.8 Å². The number of nitrogens with zero attached hydrogens (tertiary/aromatic N) is 2. The van der Waals surface area contributed by atoms with Crippen molar-refractivity contribution in [2.45, 2.75) is 0 Å². The van der Waals surface area contributed by atoms with Crippen LogP contribution in [-0.4, -0.2) is 9.78 Å². The maximum absolute atomic E-state index is 4.38. The lowest BCUT2D eigenvalue weighted by Crippen LogP contribution is -1.97. The number of halogens is 1. The summed E-state index contributed by atoms with van der Waals surface area (Å²) in [6.45, 7) is 0. The Balaban J connectivity index is 2.10. The maximum Gasteiger partial charge on any atom is 0.0749 e. The van der Waals surface area contributed by atoms with E-state index in [1.54, 1.807) is 11.3 Å². The first-order valence-corrected chi connectivity index (χ1v) is 6.91. The van der Waals surface area contributed by atoms with E-state index in [2.05, 4.69) is 37.9 Å². The first kappa shape index (κ1) is 10.7. The molecule has 0 aliphatic carbocycles. The summed E-state index contributed by atoms with van der Waals surface area (Å²) in [5, 5.41) is 8.59. The zero-order chi connectivity index (χ0) is 11.7. The van der Waals surface area contributed by atoms with Gasteiger partial charge in [-0.25, -0.2) is 4.68 Å². The standard InChI is InChI=1S/C13H9BrN2S/c14-11-1-3-12(4-2-11)16-13(5-7-15-16)10-6-8-17-9-10/h1-9H. The molecule has 0 radical (unpaired) electrons. The first-order valence-electron chi connectivity index (χ1n) is 5.17. The number of hydrogen-bond donors (Lipinski definition) is 0. The van der Waals surface area contributed by atoms with Gasteiger partial charge in [-0.3, -0.25) is 0 Å². The fourth-order valence-corrected chi connectivity index (χ4v) is 2.63. The summed E-state index contributed by atoms with van der Waals surface area (Å²) in [4.78, 5) is 0. The van der Waals surface area contributed by atoms with Gasteiger partial charge in [-0.2, -0.15) is 16.4 Å². The minimum Gasteiger partial charge on any atom is -0.233 e. The second-order valence-corrected chi connectivity index (χ2v) is 5.31. The van der Waals surface area contributed by atoms with Gasteiger partial charge in [0, 0.05) is 15.4 Å². The van der Waals surface area contributed by atoms with E-state index in [-0.39, 0.29) is 0 Å². The summed E-state index contributed by atoms with van der Waals surface area (Å²) >= 11 is 5.13. The predicted octanol–water partition coefficient (Wildman–Crippen LogP) is 4.36. The van der Waals surface area contributed by atoms with Gasteiger partial charge in [0.2, 0.25) is 0 Å². The Morgan fingerprint density at radius 1 is 1.06 bits per heavy atom. The van der Waals surface area contributed by atoms with E-state index in [1.165, 1.54) is 5.56 Å². The van der Waals surface area contributed by atoms with Crippen LogP contribution in [0.3, 0.4) is 0 Å². The highest BCUT2D eigenvalue weighted by Gasteiger charge is 2.07. The maximum atomic E-state index is 4.38. The molecule has 2 heterocycles. The molecule has 0 spiro atoms. The van der Waals surface area contributed by atoms with Crippen LogP contribution < -0.4 is 0 Å². The quantitative estimate of drug-likeness (QED) is 0.687. The smallest absolute Gasteiger partial charge is 0.0749 e. The van der Waals surface area contributed by atoms with Crippen molar-refractivity contribution in [2.75, 3.05) is 0 Å². The summed E-state index contributed by atoms with van der Waals surface area (Å²) < 4.78 is 3.03. The molecule has 17 heavy (non-hydrogen) atoms. The third kappa shape index (κ3) is 2.06. The molecule has 0 atom stereocenters. The lowest BCUT2D eigenvalue weighted by atomic mass is 10.2. The summed E-state index contributed by atoms with van der Waals surface area (Å²) in [5.74, 6) is 0. The molecule has 0 saturated carbocycles. The molecule has 0 bridgehead atoms. The monoisotopic (exact) mass is 304 g/mol. The summed E-state index contributed by atoms with van der Waals surface area (Å²) in [6, 6.07) is 12.3. The summed E-state index contributed by atoms with van der Waals surface area (Å²) in [5.41, 5.74) is 3.39. The molecule has 3 rings (SSSR count). The van der Waals surface area contributed by atoms with Crippen LogP contribution in [-0.2, 0) is 0 Å². The van der Waals surface area contributed by atoms with E-state index in [0.717, 1.165) is 15.9 Å². The topological polar surface area (TPSA) is 17.8 Å². The van der Waals surface area contributed by atoms with Crippen LogP contribution in [0.4, 0.5) is 0 Å². The fraction of sp³-hybridized carbons (Fsp3) is 0. The van der Waals surface area contributed by atoms with Crippen molar-refractivity contribution >= 4 is 27.3 Å². The molecule has 1 aromatic carbocycles. The van der Waals surface area contributed by atoms with Crippen LogP contribution in [0.5, 0.6) is 0 Å². The molecular formula is C13H9BrN2S. The van der Waals surface area contributed by atoms with Crippen LogP contribution in [0, 0.1) is 0 Å². The molecular weight excluding hydrogens is 296 g/mol. The van der Waals surface area contributed by atoms with Gasteiger partial charge in [-0.05, 0) is 41.8 Å². The molecule has 0 fully saturated rings. The highest BCUT2D eigenvalue weighted by atomic mass is 79.9. The van der Waals surface area contributed by atoms with E-state index in [4.69, 9.17) is 0 Å². The minimum absolute atomic E-state index is 1.07. The molecule has 2 nitrogen and oxygen atoms in total. The van der Waals surface area contributed by atoms with Crippen molar-refractivity contribution in [1.82, 2.24) is 9.78 Å². The molecule has 4 heteroatoms. The molecule has 0 unspecified atom stereocenters. The molecule has 0 aliphatic rings. The van der Waals surface area contributed by atoms with Crippen LogP contribution in [0.25, 0.3) is 16.9 Å². The zero-order valence-corrected chi connectivity index (χ0v) is 11.3. The Bertz CT molecular complexity index is 611. The number of hydrogen-bond acceptors (Lipinski definition) is 2. The van der Waals surface area contributed by atoms with Crippen molar-refractivity contribution in [3.8, 4) is 16.9 Å². The number of thiophene rings is 1. The van der Waals surface area contributed by atoms with Gasteiger partial charge >= 0.3 is 0 Å². The SMILES string of the molecule is Brc1ccc(-n2nccc2-c2ccsc2)cc1. The van der Waals surface area contributed by atoms with Crippen molar-refractivity contribution < 1.29 is 0 Å². The van der Waals surface area contributed by atoms with Gasteiger partial charge in [0.25, 0.3) is 0 Å². The molecule has 2 aromatic heterocycles. The predicted molar refractivity (Wildman–Crippen MR) is 74.6 cm³/mol. The average molecular weight is 305 g/mol. The molecule has 0 amide bonds. The molecule has 0 saturated heterocycles. The summed E-state index contributed by atoms with van der Waals surface area (Å²) in [7, 11) is 0. The average Bonchev–Trinajstić information content (AvgIpc) is 3.00. The lowest BCUT2D eigenvalue weighted by molar-refractivity contribution is 0.888. The normalized spacial score (nSPS) is 10.6. The van der Waals surface area contributed by atoms with Crippen molar-refractivity contribution in [3.05, 3.63) is 57.8 Å². The van der Waals surface area contributed by atoms with Crippen LogP contribution >= 0.6 is 27.3 Å². The third-order valence-corrected chi connectivity index (χ3v) is 3.74. The zero-order valence-electron chi connectivity index (χ0n) is 8.88. The van der Waals surface area contributed by atoms with Crippen molar-refractivity contribution in [1.29, 1.82) is 0 Å². The Morgan fingerprint density at radius 2 is 1.88 bits per heavy atom. The fourth-order valence-electron chi connectivity index (χ4n) is 1.72. The Kier molecular flexibility index (Phi) is 2.82. The Labute approximate surface area is 112 Å². The van der Waals surface area contributed by atoms with Gasteiger partial charge in [0.15, 0.2) is 0 Å². The lowest BCUT2D eigenvalue weighted by Gasteiger charge is -2.06. The van der Waals surface area contributed by atoms with Gasteiger partial charge in [0.05, 0.1) is 17.6 Å². The van der Waals surface area contributed by atoms with Crippen LogP contribution in [0.2, 0.25) is 0 Å². The molecule has 0 N–H and O–H groups in total. The highest BCUT2D eigenvalue weighted by molar-refractivity contribution is 9.10. The largest absolute Gasteiger partial charge is 0.233 e. The number of benzene rings is 1. The number of aromatic nitrogens is 2. The van der Waals surface area contributed by atoms with E-state index in [1.807, 2.05) is 41.2 Å². The van der Waals surface area contributed by atoms with E-state index in [9.17, 15) is 0 Å². The van der Waals surface area contributed by atoms with Gasteiger partial charge in [0.1, 0.15) is 0 Å². The van der Waals surface area contributed by atoms with Crippen molar-refractivity contribution in [2.24, 2.45) is 0 Å². The van der Waals surface area contributed by atoms with Crippen LogP contribution in [0.1, 0.15) is 0 Å². The van der Waals surface area contributed by atoms with E-state index < -0.39 is 0 Å². The van der Waals surface area contributed by atoms with Crippen molar-refractivity contribution in [3.63, 3.8) is 0 Å². The number of rotatable bonds is 2. The third-order valence-electron chi connectivity index (χ3n) is 2.53. The van der Waals surface area contributed by atoms with Gasteiger partial charge in [-0.15, -0.1) is 0 Å². The van der Waals surface area contributed by atoms with Gasteiger partial charge in [-0.1, -0.05) is 15.9 Å². The molecule has 0 aliphatic heterocycles. The highest BCUT2D eigenvalue weighted by Crippen LogP contribution is 2.24. The second kappa shape index (κ2) is 4.47. The van der Waals surface area contributed by atoms with E-state index >= 15 is 0 Å². The second-order valence-electron chi connectivity index (χ2n) is 3.62.